The maximum Gasteiger partial charge on any atom is 0.204 e. The van der Waals surface area contributed by atoms with Crippen molar-refractivity contribution < 1.29 is 8.42 Å². The number of aryl methyl sites for hydroxylation is 1. The molecule has 0 amide bonds. The lowest BCUT2D eigenvalue weighted by Crippen LogP contribution is -2.12. The smallest absolute Gasteiger partial charge is 0.204 e. The van der Waals surface area contributed by atoms with Gasteiger partial charge in [-0.05, 0) is 25.5 Å². The van der Waals surface area contributed by atoms with Gasteiger partial charge in [-0.2, -0.15) is 0 Å². The summed E-state index contributed by atoms with van der Waals surface area (Å²) in [6, 6.07) is 3.28. The summed E-state index contributed by atoms with van der Waals surface area (Å²) in [6.45, 7) is 3.50. The summed E-state index contributed by atoms with van der Waals surface area (Å²) < 4.78 is 24.5. The molecule has 0 aliphatic rings. The largest absolute Gasteiger partial charge is 0.248 e. The standard InChI is InChI=1S/C11H12N2O2S2/c1-8-3-4-10(13-7-8)17(14,15)9(2)11-12-5-6-16-11/h3-7,9H,1-2H3. The molecule has 0 radical (unpaired) electrons. The topological polar surface area (TPSA) is 59.9 Å². The second-order valence-electron chi connectivity index (χ2n) is 3.73. The molecule has 0 bridgehead atoms. The minimum Gasteiger partial charge on any atom is -0.248 e. The molecule has 2 aromatic rings. The zero-order valence-electron chi connectivity index (χ0n) is 9.49. The van der Waals surface area contributed by atoms with Crippen molar-refractivity contribution in [3.8, 4) is 0 Å². The molecule has 0 fully saturated rings. The molecule has 0 aromatic carbocycles. The Kier molecular flexibility index (Phi) is 3.26. The van der Waals surface area contributed by atoms with Crippen LogP contribution >= 0.6 is 11.3 Å². The van der Waals surface area contributed by atoms with Crippen LogP contribution < -0.4 is 0 Å². The van der Waals surface area contributed by atoms with Crippen molar-refractivity contribution in [3.05, 3.63) is 40.5 Å². The second kappa shape index (κ2) is 4.54. The van der Waals surface area contributed by atoms with E-state index < -0.39 is 15.1 Å². The van der Waals surface area contributed by atoms with Crippen molar-refractivity contribution in [2.45, 2.75) is 24.1 Å². The first kappa shape index (κ1) is 12.2. The van der Waals surface area contributed by atoms with E-state index in [4.69, 9.17) is 0 Å². The summed E-state index contributed by atoms with van der Waals surface area (Å²) >= 11 is 1.34. The van der Waals surface area contributed by atoms with Crippen molar-refractivity contribution in [3.63, 3.8) is 0 Å². The van der Waals surface area contributed by atoms with Crippen molar-refractivity contribution in [1.82, 2.24) is 9.97 Å². The maximum absolute atomic E-state index is 12.2. The number of aromatic nitrogens is 2. The number of rotatable bonds is 3. The van der Waals surface area contributed by atoms with Crippen LogP contribution in [0.3, 0.4) is 0 Å². The summed E-state index contributed by atoms with van der Waals surface area (Å²) in [6.07, 6.45) is 3.16. The highest BCUT2D eigenvalue weighted by Crippen LogP contribution is 2.28. The number of pyridine rings is 1. The summed E-state index contributed by atoms with van der Waals surface area (Å²) in [5, 5.41) is 1.81. The lowest BCUT2D eigenvalue weighted by atomic mass is 10.3. The molecule has 90 valence electrons. The highest BCUT2D eigenvalue weighted by Gasteiger charge is 2.27. The third-order valence-electron chi connectivity index (χ3n) is 2.44. The van der Waals surface area contributed by atoms with Gasteiger partial charge >= 0.3 is 0 Å². The van der Waals surface area contributed by atoms with Crippen molar-refractivity contribution in [2.24, 2.45) is 0 Å². The minimum absolute atomic E-state index is 0.103. The zero-order valence-corrected chi connectivity index (χ0v) is 11.1. The van der Waals surface area contributed by atoms with Gasteiger partial charge in [0.1, 0.15) is 10.3 Å². The van der Waals surface area contributed by atoms with Crippen LogP contribution in [0.2, 0.25) is 0 Å². The van der Waals surface area contributed by atoms with E-state index in [1.165, 1.54) is 17.4 Å². The van der Waals surface area contributed by atoms with E-state index in [2.05, 4.69) is 9.97 Å². The second-order valence-corrected chi connectivity index (χ2v) is 6.87. The molecule has 6 heteroatoms. The third-order valence-corrected chi connectivity index (χ3v) is 5.53. The Balaban J connectivity index is 2.40. The Morgan fingerprint density at radius 2 is 2.06 bits per heavy atom. The number of nitrogens with zero attached hydrogens (tertiary/aromatic N) is 2. The predicted octanol–water partition coefficient (Wildman–Crippen LogP) is 2.38. The lowest BCUT2D eigenvalue weighted by molar-refractivity contribution is 0.582. The van der Waals surface area contributed by atoms with E-state index >= 15 is 0 Å². The first-order valence-corrected chi connectivity index (χ1v) is 7.50. The highest BCUT2D eigenvalue weighted by atomic mass is 32.2. The number of hydrogen-bond acceptors (Lipinski definition) is 5. The summed E-state index contributed by atoms with van der Waals surface area (Å²) in [5.41, 5.74) is 0.936. The van der Waals surface area contributed by atoms with Gasteiger partial charge in [0.05, 0.1) is 0 Å². The normalized spacial score (nSPS) is 13.5. The molecule has 0 aliphatic carbocycles. The SMILES string of the molecule is Cc1ccc(S(=O)(=O)C(C)c2nccs2)nc1. The average molecular weight is 268 g/mol. The first-order valence-electron chi connectivity index (χ1n) is 5.08. The predicted molar refractivity (Wildman–Crippen MR) is 66.7 cm³/mol. The summed E-state index contributed by atoms with van der Waals surface area (Å²) in [5.74, 6) is 0. The molecule has 1 atom stereocenters. The number of thiazole rings is 1. The molecule has 2 aromatic heterocycles. The monoisotopic (exact) mass is 268 g/mol. The molecule has 0 saturated carbocycles. The molecule has 1 unspecified atom stereocenters. The van der Waals surface area contributed by atoms with Crippen LogP contribution in [0.5, 0.6) is 0 Å². The van der Waals surface area contributed by atoms with E-state index in [9.17, 15) is 8.42 Å². The van der Waals surface area contributed by atoms with Crippen LogP contribution in [-0.4, -0.2) is 18.4 Å². The van der Waals surface area contributed by atoms with Crippen LogP contribution in [0.15, 0.2) is 34.9 Å². The lowest BCUT2D eigenvalue weighted by Gasteiger charge is -2.09. The van der Waals surface area contributed by atoms with Gasteiger partial charge in [-0.3, -0.25) is 0 Å². The molecule has 0 saturated heterocycles. The fraction of sp³-hybridized carbons (Fsp3) is 0.273. The Bertz CT molecular complexity index is 589. The fourth-order valence-corrected chi connectivity index (χ4v) is 3.64. The Hall–Kier alpha value is -1.27. The molecular weight excluding hydrogens is 256 g/mol. The fourth-order valence-electron chi connectivity index (χ4n) is 1.37. The molecule has 17 heavy (non-hydrogen) atoms. The van der Waals surface area contributed by atoms with Gasteiger partial charge in [0, 0.05) is 17.8 Å². The molecule has 0 spiro atoms. The van der Waals surface area contributed by atoms with Gasteiger partial charge in [-0.25, -0.2) is 18.4 Å². The van der Waals surface area contributed by atoms with E-state index in [-0.39, 0.29) is 5.03 Å². The van der Waals surface area contributed by atoms with Crippen molar-refractivity contribution in [1.29, 1.82) is 0 Å². The van der Waals surface area contributed by atoms with E-state index in [1.807, 2.05) is 6.92 Å². The zero-order chi connectivity index (χ0) is 12.5. The summed E-state index contributed by atoms with van der Waals surface area (Å²) in [7, 11) is -3.44. The Labute approximate surface area is 104 Å². The Morgan fingerprint density at radius 3 is 2.59 bits per heavy atom. The summed E-state index contributed by atoms with van der Waals surface area (Å²) in [4.78, 5) is 8.01. The van der Waals surface area contributed by atoms with Crippen LogP contribution in [0.4, 0.5) is 0 Å². The van der Waals surface area contributed by atoms with E-state index in [1.54, 1.807) is 30.8 Å². The quantitative estimate of drug-likeness (QED) is 0.857. The molecule has 0 N–H and O–H groups in total. The minimum atomic E-state index is -3.44. The van der Waals surface area contributed by atoms with Gasteiger partial charge in [-0.1, -0.05) is 6.07 Å². The van der Waals surface area contributed by atoms with Crippen LogP contribution in [0.25, 0.3) is 0 Å². The molecule has 4 nitrogen and oxygen atoms in total. The average Bonchev–Trinajstić information content (AvgIpc) is 2.82. The maximum atomic E-state index is 12.2. The van der Waals surface area contributed by atoms with Crippen LogP contribution in [0.1, 0.15) is 22.7 Å². The van der Waals surface area contributed by atoms with Crippen LogP contribution in [-0.2, 0) is 9.84 Å². The highest BCUT2D eigenvalue weighted by molar-refractivity contribution is 7.91. The van der Waals surface area contributed by atoms with Gasteiger partial charge in [0.25, 0.3) is 0 Å². The van der Waals surface area contributed by atoms with Gasteiger partial charge in [-0.15, -0.1) is 11.3 Å². The third kappa shape index (κ3) is 2.37. The number of hydrogen-bond donors (Lipinski definition) is 0. The molecular formula is C11H12N2O2S2. The first-order chi connectivity index (χ1) is 8.01. The van der Waals surface area contributed by atoms with Gasteiger partial charge in [0.15, 0.2) is 5.03 Å². The van der Waals surface area contributed by atoms with Crippen molar-refractivity contribution >= 4 is 21.2 Å². The molecule has 0 aliphatic heterocycles. The Morgan fingerprint density at radius 1 is 1.29 bits per heavy atom. The van der Waals surface area contributed by atoms with Gasteiger partial charge < -0.3 is 0 Å². The molecule has 2 heterocycles. The number of sulfone groups is 1. The van der Waals surface area contributed by atoms with Crippen LogP contribution in [0, 0.1) is 6.92 Å². The van der Waals surface area contributed by atoms with E-state index in [0.717, 1.165) is 5.56 Å². The van der Waals surface area contributed by atoms with Gasteiger partial charge in [0.2, 0.25) is 9.84 Å². The molecule has 2 rings (SSSR count). The van der Waals surface area contributed by atoms with E-state index in [0.29, 0.717) is 5.01 Å². The van der Waals surface area contributed by atoms with Crippen molar-refractivity contribution in [2.75, 3.05) is 0 Å².